The Hall–Kier alpha value is -1.55. The summed E-state index contributed by atoms with van der Waals surface area (Å²) in [5, 5.41) is 12.3. The van der Waals surface area contributed by atoms with Gasteiger partial charge in [-0.1, -0.05) is 6.07 Å². The van der Waals surface area contributed by atoms with E-state index in [4.69, 9.17) is 0 Å². The lowest BCUT2D eigenvalue weighted by Gasteiger charge is -2.27. The minimum Gasteiger partial charge on any atom is -0.508 e. The van der Waals surface area contributed by atoms with Crippen molar-refractivity contribution < 1.29 is 9.90 Å². The molecular formula is C10H12N2O2. The van der Waals surface area contributed by atoms with Gasteiger partial charge in [-0.2, -0.15) is 0 Å². The number of hydrogen-bond donors (Lipinski definition) is 2. The summed E-state index contributed by atoms with van der Waals surface area (Å²) in [6.45, 7) is 1.82. The predicted octanol–water partition coefficient (Wildman–Crippen LogP) is 0.328. The van der Waals surface area contributed by atoms with Gasteiger partial charge in [0.05, 0.1) is 6.54 Å². The van der Waals surface area contributed by atoms with E-state index in [-0.39, 0.29) is 11.7 Å². The first-order valence-corrected chi connectivity index (χ1v) is 4.57. The average Bonchev–Trinajstić information content (AvgIpc) is 2.18. The molecule has 4 nitrogen and oxygen atoms in total. The van der Waals surface area contributed by atoms with Gasteiger partial charge in [0, 0.05) is 24.8 Å². The highest BCUT2D eigenvalue weighted by atomic mass is 16.3. The van der Waals surface area contributed by atoms with Crippen molar-refractivity contribution in [3.05, 3.63) is 24.3 Å². The molecule has 0 saturated carbocycles. The highest BCUT2D eigenvalue weighted by Gasteiger charge is 2.18. The van der Waals surface area contributed by atoms with Crippen LogP contribution < -0.4 is 10.2 Å². The van der Waals surface area contributed by atoms with Crippen LogP contribution in [-0.4, -0.2) is 30.6 Å². The first-order valence-electron chi connectivity index (χ1n) is 4.57. The Kier molecular flexibility index (Phi) is 2.37. The number of phenols is 1. The topological polar surface area (TPSA) is 52.6 Å². The van der Waals surface area contributed by atoms with E-state index in [1.54, 1.807) is 23.1 Å². The first-order chi connectivity index (χ1) is 6.77. The Morgan fingerprint density at radius 3 is 3.00 bits per heavy atom. The maximum atomic E-state index is 11.5. The largest absolute Gasteiger partial charge is 0.508 e. The number of carbonyl (C=O) groups excluding carboxylic acids is 1. The second-order valence-corrected chi connectivity index (χ2v) is 3.24. The zero-order chi connectivity index (χ0) is 9.97. The molecular weight excluding hydrogens is 180 g/mol. The van der Waals surface area contributed by atoms with Crippen molar-refractivity contribution >= 4 is 11.6 Å². The molecule has 1 amide bonds. The standard InChI is InChI=1S/C10H12N2O2/c13-9-3-1-2-8(6-9)12-5-4-11-7-10(12)14/h1-3,6,11,13H,4-5,7H2. The summed E-state index contributed by atoms with van der Waals surface area (Å²) >= 11 is 0. The molecule has 1 aliphatic rings. The molecule has 1 heterocycles. The SMILES string of the molecule is O=C1CNCCN1c1cccc(O)c1. The van der Waals surface area contributed by atoms with E-state index >= 15 is 0 Å². The minimum absolute atomic E-state index is 0.0434. The van der Waals surface area contributed by atoms with Gasteiger partial charge in [0.25, 0.3) is 0 Å². The molecule has 0 aromatic heterocycles. The number of nitrogens with zero attached hydrogens (tertiary/aromatic N) is 1. The number of piperazine rings is 1. The maximum absolute atomic E-state index is 11.5. The number of amides is 1. The summed E-state index contributed by atoms with van der Waals surface area (Å²) in [6, 6.07) is 6.75. The third kappa shape index (κ3) is 1.70. The van der Waals surface area contributed by atoms with E-state index in [1.165, 1.54) is 0 Å². The molecule has 1 aromatic carbocycles. The highest BCUT2D eigenvalue weighted by molar-refractivity contribution is 5.95. The minimum atomic E-state index is 0.0434. The lowest BCUT2D eigenvalue weighted by atomic mass is 10.2. The van der Waals surface area contributed by atoms with Gasteiger partial charge in [-0.05, 0) is 12.1 Å². The van der Waals surface area contributed by atoms with E-state index in [2.05, 4.69) is 5.32 Å². The fourth-order valence-electron chi connectivity index (χ4n) is 1.54. The van der Waals surface area contributed by atoms with Crippen LogP contribution in [0, 0.1) is 0 Å². The summed E-state index contributed by atoms with van der Waals surface area (Å²) in [5.41, 5.74) is 0.761. The van der Waals surface area contributed by atoms with Crippen molar-refractivity contribution in [2.45, 2.75) is 0 Å². The molecule has 1 fully saturated rings. The Morgan fingerprint density at radius 1 is 1.43 bits per heavy atom. The number of nitrogens with one attached hydrogen (secondary N) is 1. The number of benzene rings is 1. The molecule has 1 aliphatic heterocycles. The zero-order valence-electron chi connectivity index (χ0n) is 7.73. The van der Waals surface area contributed by atoms with E-state index < -0.39 is 0 Å². The smallest absolute Gasteiger partial charge is 0.240 e. The van der Waals surface area contributed by atoms with E-state index in [0.717, 1.165) is 12.2 Å². The van der Waals surface area contributed by atoms with Crippen molar-refractivity contribution in [3.63, 3.8) is 0 Å². The molecule has 2 rings (SSSR count). The van der Waals surface area contributed by atoms with Crippen LogP contribution in [0.4, 0.5) is 5.69 Å². The second kappa shape index (κ2) is 3.67. The monoisotopic (exact) mass is 192 g/mol. The van der Waals surface area contributed by atoms with Crippen LogP contribution in [0.25, 0.3) is 0 Å². The summed E-state index contributed by atoms with van der Waals surface area (Å²) in [6.07, 6.45) is 0. The van der Waals surface area contributed by atoms with Crippen molar-refractivity contribution in [1.29, 1.82) is 0 Å². The number of rotatable bonds is 1. The third-order valence-corrected chi connectivity index (χ3v) is 2.23. The van der Waals surface area contributed by atoms with Crippen molar-refractivity contribution in [3.8, 4) is 5.75 Å². The molecule has 0 unspecified atom stereocenters. The molecule has 74 valence electrons. The first kappa shape index (κ1) is 9.02. The Morgan fingerprint density at radius 2 is 2.29 bits per heavy atom. The molecule has 0 aliphatic carbocycles. The average molecular weight is 192 g/mol. The van der Waals surface area contributed by atoms with Gasteiger partial charge in [0.15, 0.2) is 0 Å². The normalized spacial score (nSPS) is 17.1. The van der Waals surface area contributed by atoms with E-state index in [0.29, 0.717) is 13.1 Å². The molecule has 0 radical (unpaired) electrons. The summed E-state index contributed by atoms with van der Waals surface area (Å²) in [4.78, 5) is 13.2. The Labute approximate surface area is 82.2 Å². The van der Waals surface area contributed by atoms with Crippen LogP contribution in [0.5, 0.6) is 5.75 Å². The third-order valence-electron chi connectivity index (χ3n) is 2.23. The number of aromatic hydroxyl groups is 1. The second-order valence-electron chi connectivity index (χ2n) is 3.24. The van der Waals surface area contributed by atoms with Crippen LogP contribution in [0.1, 0.15) is 0 Å². The molecule has 1 aromatic rings. The molecule has 0 bridgehead atoms. The summed E-state index contributed by atoms with van der Waals surface area (Å²) < 4.78 is 0. The molecule has 14 heavy (non-hydrogen) atoms. The zero-order valence-corrected chi connectivity index (χ0v) is 7.73. The predicted molar refractivity (Wildman–Crippen MR) is 53.3 cm³/mol. The number of phenolic OH excluding ortho intramolecular Hbond substituents is 1. The van der Waals surface area contributed by atoms with Gasteiger partial charge >= 0.3 is 0 Å². The highest BCUT2D eigenvalue weighted by Crippen LogP contribution is 2.20. The van der Waals surface area contributed by atoms with Crippen LogP contribution >= 0.6 is 0 Å². The van der Waals surface area contributed by atoms with E-state index in [9.17, 15) is 9.90 Å². The molecule has 0 spiro atoms. The van der Waals surface area contributed by atoms with Crippen molar-refractivity contribution in [1.82, 2.24) is 5.32 Å². The summed E-state index contributed by atoms with van der Waals surface area (Å²) in [7, 11) is 0. The van der Waals surface area contributed by atoms with Gasteiger partial charge in [0.2, 0.25) is 5.91 Å². The number of anilines is 1. The van der Waals surface area contributed by atoms with Gasteiger partial charge in [0.1, 0.15) is 5.75 Å². The summed E-state index contributed by atoms with van der Waals surface area (Å²) in [5.74, 6) is 0.232. The fraction of sp³-hybridized carbons (Fsp3) is 0.300. The van der Waals surface area contributed by atoms with Crippen LogP contribution in [-0.2, 0) is 4.79 Å². The van der Waals surface area contributed by atoms with Crippen molar-refractivity contribution in [2.75, 3.05) is 24.5 Å². The Bertz CT molecular complexity index is 352. The molecule has 1 saturated heterocycles. The number of hydrogen-bond acceptors (Lipinski definition) is 3. The van der Waals surface area contributed by atoms with Crippen LogP contribution in [0.2, 0.25) is 0 Å². The molecule has 4 heteroatoms. The van der Waals surface area contributed by atoms with Gasteiger partial charge in [-0.15, -0.1) is 0 Å². The lowest BCUT2D eigenvalue weighted by molar-refractivity contribution is -0.118. The maximum Gasteiger partial charge on any atom is 0.240 e. The van der Waals surface area contributed by atoms with E-state index in [1.807, 2.05) is 6.07 Å². The van der Waals surface area contributed by atoms with Gasteiger partial charge in [-0.3, -0.25) is 4.79 Å². The van der Waals surface area contributed by atoms with Crippen molar-refractivity contribution in [2.24, 2.45) is 0 Å². The fourth-order valence-corrected chi connectivity index (χ4v) is 1.54. The molecule has 2 N–H and O–H groups in total. The lowest BCUT2D eigenvalue weighted by Crippen LogP contribution is -2.48. The van der Waals surface area contributed by atoms with Crippen LogP contribution in [0.3, 0.4) is 0 Å². The van der Waals surface area contributed by atoms with Gasteiger partial charge in [-0.25, -0.2) is 0 Å². The number of carbonyl (C=O) groups is 1. The van der Waals surface area contributed by atoms with Gasteiger partial charge < -0.3 is 15.3 Å². The van der Waals surface area contributed by atoms with Crippen LogP contribution in [0.15, 0.2) is 24.3 Å². The Balaban J connectivity index is 2.24. The molecule has 0 atom stereocenters. The quantitative estimate of drug-likeness (QED) is 0.674.